The summed E-state index contributed by atoms with van der Waals surface area (Å²) in [6, 6.07) is 13.9. The van der Waals surface area contributed by atoms with Crippen molar-refractivity contribution >= 4 is 46.3 Å². The van der Waals surface area contributed by atoms with E-state index in [1.165, 1.54) is 18.7 Å². The van der Waals surface area contributed by atoms with Crippen molar-refractivity contribution in [2.75, 3.05) is 11.4 Å². The normalized spacial score (nSPS) is 16.5. The highest BCUT2D eigenvalue weighted by atomic mass is 16.6. The number of pyridine rings is 1. The van der Waals surface area contributed by atoms with Crippen molar-refractivity contribution in [3.63, 3.8) is 0 Å². The molecule has 1 fully saturated rings. The van der Waals surface area contributed by atoms with Crippen LogP contribution in [0, 0.1) is 5.92 Å². The van der Waals surface area contributed by atoms with Crippen LogP contribution < -0.4 is 21.3 Å². The van der Waals surface area contributed by atoms with Crippen LogP contribution in [0.1, 0.15) is 46.1 Å². The van der Waals surface area contributed by atoms with E-state index in [-0.39, 0.29) is 12.3 Å². The quantitative estimate of drug-likeness (QED) is 0.313. The van der Waals surface area contributed by atoms with E-state index in [4.69, 9.17) is 10.5 Å². The number of nitrogens with one attached hydrogen (secondary N) is 2. The predicted octanol–water partition coefficient (Wildman–Crippen LogP) is 2.89. The highest BCUT2D eigenvalue weighted by molar-refractivity contribution is 6.15. The average molecular weight is 617 g/mol. The molecule has 5 amide bonds. The minimum absolute atomic E-state index is 0.0614. The maximum absolute atomic E-state index is 14.2. The van der Waals surface area contributed by atoms with Gasteiger partial charge in [0, 0.05) is 18.1 Å². The van der Waals surface area contributed by atoms with Crippen molar-refractivity contribution < 1.29 is 28.7 Å². The summed E-state index contributed by atoms with van der Waals surface area (Å²) in [5.41, 5.74) is 7.30. The van der Waals surface area contributed by atoms with Crippen LogP contribution in [-0.2, 0) is 30.5 Å². The van der Waals surface area contributed by atoms with E-state index in [1.807, 2.05) is 24.3 Å². The molecule has 45 heavy (non-hydrogen) atoms. The fourth-order valence-corrected chi connectivity index (χ4v) is 5.17. The van der Waals surface area contributed by atoms with Crippen LogP contribution in [0.25, 0.3) is 10.9 Å². The van der Waals surface area contributed by atoms with E-state index in [0.717, 1.165) is 10.5 Å². The minimum Gasteiger partial charge on any atom is -0.444 e. The highest BCUT2D eigenvalue weighted by Crippen LogP contribution is 2.25. The van der Waals surface area contributed by atoms with Gasteiger partial charge in [-0.2, -0.15) is 0 Å². The molecule has 1 aliphatic rings. The first-order chi connectivity index (χ1) is 21.5. The van der Waals surface area contributed by atoms with Gasteiger partial charge < -0.3 is 26.0 Å². The van der Waals surface area contributed by atoms with Gasteiger partial charge in [-0.05, 0) is 62.4 Å². The first-order valence-corrected chi connectivity index (χ1v) is 15.0. The number of hydrogen-bond acceptors (Lipinski definition) is 8. The Morgan fingerprint density at radius 2 is 1.73 bits per heavy atom. The van der Waals surface area contributed by atoms with Gasteiger partial charge in [-0.25, -0.2) is 9.69 Å². The van der Waals surface area contributed by atoms with Gasteiger partial charge in [0.25, 0.3) is 5.91 Å². The fourth-order valence-electron chi connectivity index (χ4n) is 5.17. The Labute approximate surface area is 262 Å². The van der Waals surface area contributed by atoms with Crippen LogP contribution in [0.2, 0.25) is 0 Å². The monoisotopic (exact) mass is 616 g/mol. The smallest absolute Gasteiger partial charge is 0.421 e. The summed E-state index contributed by atoms with van der Waals surface area (Å²) in [6.45, 7) is 6.81. The number of rotatable bonds is 10. The summed E-state index contributed by atoms with van der Waals surface area (Å²) < 4.78 is 5.58. The second kappa shape index (κ2) is 14.8. The molecule has 3 aromatic rings. The third kappa shape index (κ3) is 8.01. The van der Waals surface area contributed by atoms with E-state index in [0.29, 0.717) is 30.3 Å². The molecule has 238 valence electrons. The predicted molar refractivity (Wildman–Crippen MR) is 169 cm³/mol. The van der Waals surface area contributed by atoms with E-state index >= 15 is 0 Å². The van der Waals surface area contributed by atoms with Crippen molar-refractivity contribution in [3.8, 4) is 0 Å². The van der Waals surface area contributed by atoms with Crippen LogP contribution in [0.4, 0.5) is 10.5 Å². The molecular weight excluding hydrogens is 576 g/mol. The minimum atomic E-state index is -1.13. The van der Waals surface area contributed by atoms with Crippen LogP contribution >= 0.6 is 0 Å². The van der Waals surface area contributed by atoms with Gasteiger partial charge in [0.2, 0.25) is 17.7 Å². The number of hydrogen-bond donors (Lipinski definition) is 3. The van der Waals surface area contributed by atoms with Gasteiger partial charge in [0.05, 0.1) is 17.2 Å². The second-order valence-corrected chi connectivity index (χ2v) is 11.5. The lowest BCUT2D eigenvalue weighted by Gasteiger charge is -2.31. The van der Waals surface area contributed by atoms with Gasteiger partial charge in [-0.1, -0.05) is 50.2 Å². The summed E-state index contributed by atoms with van der Waals surface area (Å²) in [5, 5.41) is 6.08. The maximum atomic E-state index is 14.2. The zero-order chi connectivity index (χ0) is 32.7. The molecule has 0 aliphatic carbocycles. The lowest BCUT2D eigenvalue weighted by atomic mass is 10.0. The van der Waals surface area contributed by atoms with Gasteiger partial charge in [0.1, 0.15) is 24.7 Å². The topological polar surface area (TPSA) is 164 Å². The molecule has 4 N–H and O–H groups in total. The molecule has 4 rings (SSSR count). The Balaban J connectivity index is 1.57. The van der Waals surface area contributed by atoms with E-state index < -0.39 is 59.8 Å². The molecule has 0 saturated carbocycles. The van der Waals surface area contributed by atoms with Crippen LogP contribution in [0.15, 0.2) is 66.9 Å². The Kier molecular flexibility index (Phi) is 10.8. The van der Waals surface area contributed by atoms with Crippen LogP contribution in [0.3, 0.4) is 0 Å². The van der Waals surface area contributed by atoms with E-state index in [9.17, 15) is 24.0 Å². The van der Waals surface area contributed by atoms with E-state index in [1.54, 1.807) is 56.4 Å². The molecule has 1 aromatic heterocycles. The molecule has 12 nitrogen and oxygen atoms in total. The summed E-state index contributed by atoms with van der Waals surface area (Å²) >= 11 is 0. The molecule has 0 spiro atoms. The number of anilines is 1. The molecule has 2 aromatic carbocycles. The molecule has 12 heteroatoms. The number of ether oxygens (including phenoxy) is 1. The third-order valence-corrected chi connectivity index (χ3v) is 7.66. The molecule has 4 atom stereocenters. The maximum Gasteiger partial charge on any atom is 0.421 e. The number of aromatic nitrogens is 1. The SMILES string of the molecule is CC(C)[C@H](NC(=O)[C@@H]1CCCN1C(=O)[C@H](C)NC(=O)[C@H](C)N)C(=O)N(C(=O)OCc1ccccc1)c1ccc2ncccc2c1. The lowest BCUT2D eigenvalue weighted by Crippen LogP contribution is -2.58. The fraction of sp³-hybridized carbons (Fsp3) is 0.394. The Hall–Kier alpha value is -4.84. The van der Waals surface area contributed by atoms with Crippen molar-refractivity contribution in [3.05, 3.63) is 72.4 Å². The first kappa shape index (κ1) is 33.1. The number of likely N-dealkylation sites (tertiary alicyclic amines) is 1. The average Bonchev–Trinajstić information content (AvgIpc) is 3.52. The summed E-state index contributed by atoms with van der Waals surface area (Å²) in [4.78, 5) is 73.3. The number of carbonyl (C=O) groups excluding carboxylic acids is 5. The van der Waals surface area contributed by atoms with Crippen molar-refractivity contribution in [2.45, 2.75) is 71.3 Å². The number of fused-ring (bicyclic) bond motifs is 1. The lowest BCUT2D eigenvalue weighted by molar-refractivity contribution is -0.141. The first-order valence-electron chi connectivity index (χ1n) is 15.0. The number of carbonyl (C=O) groups is 5. The molecule has 2 heterocycles. The van der Waals surface area contributed by atoms with E-state index in [2.05, 4.69) is 15.6 Å². The summed E-state index contributed by atoms with van der Waals surface area (Å²) in [7, 11) is 0. The molecule has 1 aliphatic heterocycles. The number of nitrogens with zero attached hydrogens (tertiary/aromatic N) is 3. The molecule has 0 bridgehead atoms. The summed E-state index contributed by atoms with van der Waals surface area (Å²) in [5.74, 6) is -2.55. The van der Waals surface area contributed by atoms with Gasteiger partial charge in [-0.15, -0.1) is 0 Å². The Morgan fingerprint density at radius 1 is 1.00 bits per heavy atom. The van der Waals surface area contributed by atoms with Gasteiger partial charge in [0.15, 0.2) is 0 Å². The van der Waals surface area contributed by atoms with Crippen LogP contribution in [0.5, 0.6) is 0 Å². The number of amides is 5. The molecule has 1 saturated heterocycles. The third-order valence-electron chi connectivity index (χ3n) is 7.66. The van der Waals surface area contributed by atoms with Crippen molar-refractivity contribution in [1.29, 1.82) is 0 Å². The summed E-state index contributed by atoms with van der Waals surface area (Å²) in [6.07, 6.45) is 1.70. The van der Waals surface area contributed by atoms with Crippen LogP contribution in [-0.4, -0.2) is 70.3 Å². The zero-order valence-corrected chi connectivity index (χ0v) is 25.9. The number of benzene rings is 2. The second-order valence-electron chi connectivity index (χ2n) is 11.5. The van der Waals surface area contributed by atoms with Gasteiger partial charge >= 0.3 is 6.09 Å². The standard InChI is InChI=1S/C33H40N6O6/c1-20(2)28(37-30(41)27-13-9-17-38(27)31(42)22(4)36-29(40)21(3)34)32(43)39(33(44)45-19-23-10-6-5-7-11-23)25-14-15-26-24(18-25)12-8-16-35-26/h5-8,10-12,14-16,18,20-22,27-28H,9,13,17,19,34H2,1-4H3,(H,36,40)(H,37,41)/t21-,22-,27-,28-/m0/s1. The molecule has 0 radical (unpaired) electrons. The highest BCUT2D eigenvalue weighted by Gasteiger charge is 2.40. The zero-order valence-electron chi connectivity index (χ0n) is 25.9. The van der Waals surface area contributed by atoms with Gasteiger partial charge in [-0.3, -0.25) is 24.2 Å². The largest absolute Gasteiger partial charge is 0.444 e. The van der Waals surface area contributed by atoms with Crippen molar-refractivity contribution in [2.24, 2.45) is 11.7 Å². The number of nitrogens with two attached hydrogens (primary N) is 1. The molecular formula is C33H40N6O6. The Bertz CT molecular complexity index is 1540. The van der Waals surface area contributed by atoms with Crippen molar-refractivity contribution in [1.82, 2.24) is 20.5 Å². The number of imide groups is 1. The Morgan fingerprint density at radius 3 is 2.42 bits per heavy atom. The molecule has 0 unspecified atom stereocenters.